The normalized spacial score (nSPS) is 10.7. The molecule has 0 fully saturated rings. The maximum atomic E-state index is 12.9. The summed E-state index contributed by atoms with van der Waals surface area (Å²) in [5, 5.41) is 0.904. The number of hydrogen-bond donors (Lipinski definition) is 0. The maximum Gasteiger partial charge on any atom is 0.254 e. The molecule has 1 amide bonds. The van der Waals surface area contributed by atoms with Crippen LogP contribution in [0.25, 0.3) is 10.2 Å². The molecule has 0 atom stereocenters. The van der Waals surface area contributed by atoms with Gasteiger partial charge in [0.1, 0.15) is 11.6 Å². The summed E-state index contributed by atoms with van der Waals surface area (Å²) in [5.74, 6) is 1.04. The number of fused-ring (bicyclic) bond motifs is 1. The van der Waals surface area contributed by atoms with Gasteiger partial charge in [0, 0.05) is 12.6 Å². The third-order valence-electron chi connectivity index (χ3n) is 4.71. The van der Waals surface area contributed by atoms with E-state index in [4.69, 9.17) is 9.47 Å². The van der Waals surface area contributed by atoms with Crippen molar-refractivity contribution in [3.63, 3.8) is 0 Å². The van der Waals surface area contributed by atoms with Gasteiger partial charge in [-0.05, 0) is 35.9 Å². The van der Waals surface area contributed by atoms with Gasteiger partial charge in [-0.25, -0.2) is 4.98 Å². The second-order valence-corrected chi connectivity index (χ2v) is 7.99. The maximum absolute atomic E-state index is 12.9. The summed E-state index contributed by atoms with van der Waals surface area (Å²) in [5.41, 5.74) is 2.57. The van der Waals surface area contributed by atoms with E-state index in [0.29, 0.717) is 30.2 Å². The monoisotopic (exact) mass is 418 g/mol. The van der Waals surface area contributed by atoms with Crippen LogP contribution in [0.1, 0.15) is 20.9 Å². The Kier molecular flexibility index (Phi) is 5.95. The van der Waals surface area contributed by atoms with E-state index in [9.17, 15) is 4.79 Å². The Morgan fingerprint density at radius 1 is 1.00 bits per heavy atom. The van der Waals surface area contributed by atoms with Crippen molar-refractivity contribution in [2.24, 2.45) is 0 Å². The van der Waals surface area contributed by atoms with Crippen LogP contribution in [0.15, 0.2) is 72.8 Å². The Morgan fingerprint density at radius 2 is 1.77 bits per heavy atom. The molecule has 4 rings (SSSR count). The summed E-state index contributed by atoms with van der Waals surface area (Å²) in [7, 11) is 3.35. The van der Waals surface area contributed by atoms with Crippen LogP contribution in [-0.2, 0) is 13.2 Å². The lowest BCUT2D eigenvalue weighted by Crippen LogP contribution is -2.26. The van der Waals surface area contributed by atoms with Crippen LogP contribution < -0.4 is 9.47 Å². The molecule has 152 valence electrons. The Morgan fingerprint density at radius 3 is 2.53 bits per heavy atom. The van der Waals surface area contributed by atoms with Gasteiger partial charge in [-0.15, -0.1) is 11.3 Å². The standard InChI is InChI=1S/C24H22N2O3S/c1-26(15-23-25-19-10-6-7-11-22(19)30-23)24(27)18-12-13-20(21(14-18)28-2)29-16-17-8-4-3-5-9-17/h3-14H,15-16H2,1-2H3. The second kappa shape index (κ2) is 8.97. The zero-order valence-electron chi connectivity index (χ0n) is 16.9. The van der Waals surface area contributed by atoms with Gasteiger partial charge in [0.05, 0.1) is 23.9 Å². The lowest BCUT2D eigenvalue weighted by Gasteiger charge is -2.17. The molecule has 30 heavy (non-hydrogen) atoms. The molecular weight excluding hydrogens is 396 g/mol. The molecule has 5 nitrogen and oxygen atoms in total. The van der Waals surface area contributed by atoms with Crippen LogP contribution in [0.4, 0.5) is 0 Å². The van der Waals surface area contributed by atoms with E-state index in [1.165, 1.54) is 0 Å². The van der Waals surface area contributed by atoms with Gasteiger partial charge in [0.25, 0.3) is 5.91 Å². The number of ether oxygens (including phenoxy) is 2. The number of para-hydroxylation sites is 1. The van der Waals surface area contributed by atoms with Gasteiger partial charge < -0.3 is 14.4 Å². The van der Waals surface area contributed by atoms with Crippen LogP contribution in [0.5, 0.6) is 11.5 Å². The molecule has 3 aromatic carbocycles. The topological polar surface area (TPSA) is 51.7 Å². The Hall–Kier alpha value is -3.38. The summed E-state index contributed by atoms with van der Waals surface area (Å²) >= 11 is 1.60. The fraction of sp³-hybridized carbons (Fsp3) is 0.167. The lowest BCUT2D eigenvalue weighted by molar-refractivity contribution is 0.0784. The fourth-order valence-corrected chi connectivity index (χ4v) is 4.16. The minimum Gasteiger partial charge on any atom is -0.493 e. The smallest absolute Gasteiger partial charge is 0.254 e. The molecule has 0 spiro atoms. The fourth-order valence-electron chi connectivity index (χ4n) is 3.14. The minimum absolute atomic E-state index is 0.0952. The first-order valence-electron chi connectivity index (χ1n) is 9.58. The van der Waals surface area contributed by atoms with E-state index in [1.807, 2.05) is 54.6 Å². The SMILES string of the molecule is COc1cc(C(=O)N(C)Cc2nc3ccccc3s2)ccc1OCc1ccccc1. The molecule has 6 heteroatoms. The van der Waals surface area contributed by atoms with Crippen molar-refractivity contribution in [2.75, 3.05) is 14.2 Å². The predicted octanol–water partition coefficient (Wildman–Crippen LogP) is 5.16. The summed E-state index contributed by atoms with van der Waals surface area (Å²) in [6, 6.07) is 23.2. The number of amides is 1. The summed E-state index contributed by atoms with van der Waals surface area (Å²) in [6.07, 6.45) is 0. The van der Waals surface area contributed by atoms with Gasteiger partial charge in [0.15, 0.2) is 11.5 Å². The van der Waals surface area contributed by atoms with E-state index in [1.54, 1.807) is 48.6 Å². The number of aromatic nitrogens is 1. The van der Waals surface area contributed by atoms with Crippen molar-refractivity contribution in [3.8, 4) is 11.5 Å². The molecule has 0 aliphatic carbocycles. The lowest BCUT2D eigenvalue weighted by atomic mass is 10.1. The Bertz CT molecular complexity index is 1120. The molecule has 0 bridgehead atoms. The average molecular weight is 419 g/mol. The molecule has 0 aliphatic rings. The van der Waals surface area contributed by atoms with Crippen molar-refractivity contribution in [3.05, 3.63) is 88.9 Å². The van der Waals surface area contributed by atoms with E-state index in [0.717, 1.165) is 20.8 Å². The zero-order valence-corrected chi connectivity index (χ0v) is 17.7. The molecule has 0 aliphatic heterocycles. The predicted molar refractivity (Wildman–Crippen MR) is 119 cm³/mol. The van der Waals surface area contributed by atoms with Crippen LogP contribution in [-0.4, -0.2) is 29.9 Å². The molecular formula is C24H22N2O3S. The highest BCUT2D eigenvalue weighted by atomic mass is 32.1. The van der Waals surface area contributed by atoms with E-state index >= 15 is 0 Å². The minimum atomic E-state index is -0.0952. The van der Waals surface area contributed by atoms with E-state index < -0.39 is 0 Å². The highest BCUT2D eigenvalue weighted by Gasteiger charge is 2.17. The van der Waals surface area contributed by atoms with Crippen LogP contribution >= 0.6 is 11.3 Å². The quantitative estimate of drug-likeness (QED) is 0.416. The molecule has 0 N–H and O–H groups in total. The first-order chi connectivity index (χ1) is 14.6. The Labute approximate surface area is 179 Å². The molecule has 1 heterocycles. The number of benzene rings is 3. The van der Waals surface area contributed by atoms with E-state index in [2.05, 4.69) is 4.98 Å². The van der Waals surface area contributed by atoms with Gasteiger partial charge in [0.2, 0.25) is 0 Å². The van der Waals surface area contributed by atoms with Crippen molar-refractivity contribution in [2.45, 2.75) is 13.2 Å². The van der Waals surface area contributed by atoms with Gasteiger partial charge in [-0.1, -0.05) is 42.5 Å². The number of nitrogens with zero attached hydrogens (tertiary/aromatic N) is 2. The third kappa shape index (κ3) is 4.44. The first-order valence-corrected chi connectivity index (χ1v) is 10.4. The van der Waals surface area contributed by atoms with Crippen molar-refractivity contribution < 1.29 is 14.3 Å². The first kappa shape index (κ1) is 19.9. The molecule has 0 saturated carbocycles. The number of thiazole rings is 1. The second-order valence-electron chi connectivity index (χ2n) is 6.88. The zero-order chi connectivity index (χ0) is 20.9. The van der Waals surface area contributed by atoms with Crippen molar-refractivity contribution in [1.29, 1.82) is 0 Å². The highest BCUT2D eigenvalue weighted by Crippen LogP contribution is 2.30. The number of methoxy groups -OCH3 is 1. The van der Waals surface area contributed by atoms with Crippen molar-refractivity contribution in [1.82, 2.24) is 9.88 Å². The van der Waals surface area contributed by atoms with Gasteiger partial charge >= 0.3 is 0 Å². The summed E-state index contributed by atoms with van der Waals surface area (Å²) in [6.45, 7) is 0.884. The van der Waals surface area contributed by atoms with Crippen LogP contribution in [0.3, 0.4) is 0 Å². The summed E-state index contributed by atoms with van der Waals surface area (Å²) < 4.78 is 12.5. The highest BCUT2D eigenvalue weighted by molar-refractivity contribution is 7.18. The molecule has 1 aromatic heterocycles. The largest absolute Gasteiger partial charge is 0.493 e. The molecule has 4 aromatic rings. The molecule has 0 radical (unpaired) electrons. The molecule has 0 unspecified atom stereocenters. The van der Waals surface area contributed by atoms with Crippen molar-refractivity contribution >= 4 is 27.5 Å². The van der Waals surface area contributed by atoms with Crippen LogP contribution in [0, 0.1) is 0 Å². The number of rotatable bonds is 7. The number of carbonyl (C=O) groups is 1. The number of hydrogen-bond acceptors (Lipinski definition) is 5. The Balaban J connectivity index is 1.46. The van der Waals surface area contributed by atoms with Gasteiger partial charge in [-0.3, -0.25) is 4.79 Å². The third-order valence-corrected chi connectivity index (χ3v) is 5.73. The average Bonchev–Trinajstić information content (AvgIpc) is 3.20. The van der Waals surface area contributed by atoms with Crippen LogP contribution in [0.2, 0.25) is 0 Å². The number of carbonyl (C=O) groups excluding carboxylic acids is 1. The molecule has 0 saturated heterocycles. The summed E-state index contributed by atoms with van der Waals surface area (Å²) in [4.78, 5) is 19.2. The van der Waals surface area contributed by atoms with E-state index in [-0.39, 0.29) is 5.91 Å². The van der Waals surface area contributed by atoms with Gasteiger partial charge in [-0.2, -0.15) is 0 Å².